The minimum atomic E-state index is -3.97. The van der Waals surface area contributed by atoms with Crippen LogP contribution in [-0.2, 0) is 21.4 Å². The number of carboxylic acid groups (broad SMARTS) is 1. The topological polar surface area (TPSA) is 101 Å². The molecule has 0 aliphatic heterocycles. The predicted molar refractivity (Wildman–Crippen MR) is 75.4 cm³/mol. The van der Waals surface area contributed by atoms with Gasteiger partial charge in [-0.1, -0.05) is 0 Å². The Labute approximate surface area is 125 Å². The van der Waals surface area contributed by atoms with Gasteiger partial charge in [0.15, 0.2) is 0 Å². The lowest BCUT2D eigenvalue weighted by Crippen LogP contribution is -2.42. The SMILES string of the molecule is Cc1nc(CN([C@H](C)C(=O)O)S(=O)(=O)c2ccoc2)cs1. The van der Waals surface area contributed by atoms with Crippen LogP contribution in [0, 0.1) is 6.92 Å². The quantitative estimate of drug-likeness (QED) is 0.865. The van der Waals surface area contributed by atoms with Crippen LogP contribution in [0.2, 0.25) is 0 Å². The summed E-state index contributed by atoms with van der Waals surface area (Å²) in [6.45, 7) is 3.01. The highest BCUT2D eigenvalue weighted by Crippen LogP contribution is 2.22. The summed E-state index contributed by atoms with van der Waals surface area (Å²) >= 11 is 1.38. The second-order valence-corrected chi connectivity index (χ2v) is 7.33. The first-order valence-corrected chi connectivity index (χ1v) is 8.32. The molecule has 0 saturated carbocycles. The maximum absolute atomic E-state index is 12.5. The number of thiazole rings is 1. The van der Waals surface area contributed by atoms with Crippen LogP contribution in [0.25, 0.3) is 0 Å². The second-order valence-electron chi connectivity index (χ2n) is 4.38. The van der Waals surface area contributed by atoms with Crippen LogP contribution < -0.4 is 0 Å². The number of aromatic nitrogens is 1. The number of nitrogens with zero attached hydrogens (tertiary/aromatic N) is 2. The zero-order chi connectivity index (χ0) is 15.6. The van der Waals surface area contributed by atoms with E-state index in [4.69, 9.17) is 9.52 Å². The Morgan fingerprint density at radius 1 is 1.57 bits per heavy atom. The summed E-state index contributed by atoms with van der Waals surface area (Å²) in [7, 11) is -3.97. The molecule has 1 N–H and O–H groups in total. The van der Waals surface area contributed by atoms with Gasteiger partial charge >= 0.3 is 5.97 Å². The molecule has 2 aromatic heterocycles. The second kappa shape index (κ2) is 5.96. The normalized spacial score (nSPS) is 13.5. The Balaban J connectivity index is 2.39. The van der Waals surface area contributed by atoms with Crippen LogP contribution in [0.1, 0.15) is 17.6 Å². The molecular formula is C12H14N2O5S2. The first-order valence-electron chi connectivity index (χ1n) is 6.00. The average molecular weight is 330 g/mol. The minimum Gasteiger partial charge on any atom is -0.480 e. The monoisotopic (exact) mass is 330 g/mol. The van der Waals surface area contributed by atoms with E-state index in [1.54, 1.807) is 12.3 Å². The molecule has 0 unspecified atom stereocenters. The fraction of sp³-hybridized carbons (Fsp3) is 0.333. The fourth-order valence-electron chi connectivity index (χ4n) is 1.73. The number of aliphatic carboxylic acids is 1. The Hall–Kier alpha value is -1.71. The zero-order valence-electron chi connectivity index (χ0n) is 11.4. The third-order valence-electron chi connectivity index (χ3n) is 2.88. The Morgan fingerprint density at radius 3 is 2.76 bits per heavy atom. The molecule has 0 bridgehead atoms. The molecule has 0 fully saturated rings. The molecule has 2 aromatic rings. The molecule has 0 aliphatic carbocycles. The highest BCUT2D eigenvalue weighted by Gasteiger charge is 2.34. The number of aryl methyl sites for hydroxylation is 1. The molecule has 21 heavy (non-hydrogen) atoms. The lowest BCUT2D eigenvalue weighted by molar-refractivity contribution is -0.141. The third-order valence-corrected chi connectivity index (χ3v) is 5.59. The number of rotatable bonds is 6. The molecule has 1 atom stereocenters. The van der Waals surface area contributed by atoms with Crippen molar-refractivity contribution in [2.45, 2.75) is 31.3 Å². The molecule has 2 rings (SSSR count). The van der Waals surface area contributed by atoms with Crippen molar-refractivity contribution in [3.8, 4) is 0 Å². The molecule has 0 saturated heterocycles. The number of furan rings is 1. The lowest BCUT2D eigenvalue weighted by atomic mass is 10.3. The van der Waals surface area contributed by atoms with Crippen molar-refractivity contribution < 1.29 is 22.7 Å². The molecule has 7 nitrogen and oxygen atoms in total. The van der Waals surface area contributed by atoms with Gasteiger partial charge in [-0.15, -0.1) is 11.3 Å². The van der Waals surface area contributed by atoms with E-state index in [0.717, 1.165) is 15.6 Å². The molecule has 0 radical (unpaired) electrons. The number of sulfonamides is 1. The summed E-state index contributed by atoms with van der Waals surface area (Å²) in [6.07, 6.45) is 2.30. The molecular weight excluding hydrogens is 316 g/mol. The van der Waals surface area contributed by atoms with E-state index in [-0.39, 0.29) is 11.4 Å². The van der Waals surface area contributed by atoms with Crippen LogP contribution in [0.4, 0.5) is 0 Å². The van der Waals surface area contributed by atoms with Crippen molar-refractivity contribution in [2.75, 3.05) is 0 Å². The summed E-state index contributed by atoms with van der Waals surface area (Å²) in [5.41, 5.74) is 0.512. The van der Waals surface area contributed by atoms with Crippen LogP contribution in [-0.4, -0.2) is 34.8 Å². The summed E-state index contributed by atoms with van der Waals surface area (Å²) in [5, 5.41) is 11.6. The van der Waals surface area contributed by atoms with E-state index in [0.29, 0.717) is 5.69 Å². The summed E-state index contributed by atoms with van der Waals surface area (Å²) in [4.78, 5) is 15.3. The molecule has 9 heteroatoms. The molecule has 0 amide bonds. The first kappa shape index (κ1) is 15.7. The largest absolute Gasteiger partial charge is 0.480 e. The fourth-order valence-corrected chi connectivity index (χ4v) is 3.82. The van der Waals surface area contributed by atoms with Gasteiger partial charge in [0.1, 0.15) is 17.2 Å². The van der Waals surface area contributed by atoms with E-state index in [1.165, 1.54) is 30.6 Å². The summed E-state index contributed by atoms with van der Waals surface area (Å²) in [5.74, 6) is -1.23. The Morgan fingerprint density at radius 2 is 2.29 bits per heavy atom. The number of carbonyl (C=O) groups is 1. The summed E-state index contributed by atoms with van der Waals surface area (Å²) in [6, 6.07) is 0.0651. The number of carboxylic acids is 1. The molecule has 114 valence electrons. The van der Waals surface area contributed by atoms with E-state index in [2.05, 4.69) is 4.98 Å². The smallest absolute Gasteiger partial charge is 0.321 e. The highest BCUT2D eigenvalue weighted by molar-refractivity contribution is 7.89. The number of hydrogen-bond acceptors (Lipinski definition) is 6. The molecule has 2 heterocycles. The van der Waals surface area contributed by atoms with E-state index in [9.17, 15) is 13.2 Å². The van der Waals surface area contributed by atoms with Crippen molar-refractivity contribution in [1.82, 2.24) is 9.29 Å². The Kier molecular flexibility index (Phi) is 4.45. The van der Waals surface area contributed by atoms with Gasteiger partial charge in [0.05, 0.1) is 23.5 Å². The standard InChI is InChI=1S/C12H14N2O5S2/c1-8(12(15)16)14(5-10-7-20-9(2)13-10)21(17,18)11-3-4-19-6-11/h3-4,6-8H,5H2,1-2H3,(H,15,16)/t8-/m1/s1. The van der Waals surface area contributed by atoms with Gasteiger partial charge in [0.25, 0.3) is 0 Å². The highest BCUT2D eigenvalue weighted by atomic mass is 32.2. The van der Waals surface area contributed by atoms with Gasteiger partial charge < -0.3 is 9.52 Å². The van der Waals surface area contributed by atoms with Crippen molar-refractivity contribution in [3.63, 3.8) is 0 Å². The van der Waals surface area contributed by atoms with Crippen molar-refractivity contribution in [2.24, 2.45) is 0 Å². The van der Waals surface area contributed by atoms with Crippen LogP contribution in [0.5, 0.6) is 0 Å². The first-order chi connectivity index (χ1) is 9.82. The van der Waals surface area contributed by atoms with Crippen LogP contribution >= 0.6 is 11.3 Å². The van der Waals surface area contributed by atoms with Gasteiger partial charge in [-0.2, -0.15) is 4.31 Å². The van der Waals surface area contributed by atoms with E-state index in [1.807, 2.05) is 0 Å². The average Bonchev–Trinajstić information content (AvgIpc) is 3.06. The molecule has 0 aliphatic rings. The van der Waals surface area contributed by atoms with E-state index >= 15 is 0 Å². The number of hydrogen-bond donors (Lipinski definition) is 1. The molecule has 0 spiro atoms. The third kappa shape index (κ3) is 3.31. The van der Waals surface area contributed by atoms with Gasteiger partial charge in [0.2, 0.25) is 10.0 Å². The maximum atomic E-state index is 12.5. The Bertz CT molecular complexity index is 721. The predicted octanol–water partition coefficient (Wildman–Crippen LogP) is 1.71. The van der Waals surface area contributed by atoms with Gasteiger partial charge in [-0.05, 0) is 19.9 Å². The summed E-state index contributed by atoms with van der Waals surface area (Å²) < 4.78 is 30.7. The van der Waals surface area contributed by atoms with Crippen molar-refractivity contribution in [1.29, 1.82) is 0 Å². The lowest BCUT2D eigenvalue weighted by Gasteiger charge is -2.24. The minimum absolute atomic E-state index is 0.0810. The van der Waals surface area contributed by atoms with Crippen molar-refractivity contribution >= 4 is 27.3 Å². The van der Waals surface area contributed by atoms with E-state index < -0.39 is 22.0 Å². The van der Waals surface area contributed by atoms with Gasteiger partial charge in [-0.3, -0.25) is 4.79 Å². The maximum Gasteiger partial charge on any atom is 0.321 e. The van der Waals surface area contributed by atoms with Gasteiger partial charge in [-0.25, -0.2) is 13.4 Å². The molecule has 0 aromatic carbocycles. The van der Waals surface area contributed by atoms with Crippen LogP contribution in [0.3, 0.4) is 0 Å². The van der Waals surface area contributed by atoms with Crippen LogP contribution in [0.15, 0.2) is 33.3 Å². The van der Waals surface area contributed by atoms with Gasteiger partial charge in [0, 0.05) is 5.38 Å². The zero-order valence-corrected chi connectivity index (χ0v) is 13.0. The van der Waals surface area contributed by atoms with Crippen molar-refractivity contribution in [3.05, 3.63) is 34.7 Å².